The molecule has 172 valence electrons. The van der Waals surface area contributed by atoms with Crippen LogP contribution in [0.3, 0.4) is 0 Å². The predicted octanol–water partition coefficient (Wildman–Crippen LogP) is 6.42. The summed E-state index contributed by atoms with van der Waals surface area (Å²) in [5.74, 6) is -0.225. The molecular formula is C28H27FN4S. The Balaban J connectivity index is 1.68. The Hall–Kier alpha value is -3.51. The Morgan fingerprint density at radius 2 is 1.65 bits per heavy atom. The molecule has 34 heavy (non-hydrogen) atoms. The van der Waals surface area contributed by atoms with Crippen molar-refractivity contribution in [3.05, 3.63) is 113 Å². The minimum Gasteiger partial charge on any atom is -0.351 e. The summed E-state index contributed by atoms with van der Waals surface area (Å²) in [6.07, 6.45) is 1.80. The number of nitrogens with one attached hydrogen (secondary N) is 1. The second-order valence-corrected chi connectivity index (χ2v) is 9.31. The predicted molar refractivity (Wildman–Crippen MR) is 139 cm³/mol. The average Bonchev–Trinajstić information content (AvgIpc) is 3.32. The fourth-order valence-electron chi connectivity index (χ4n) is 4.91. The lowest BCUT2D eigenvalue weighted by Crippen LogP contribution is -2.29. The van der Waals surface area contributed by atoms with Gasteiger partial charge in [-0.15, -0.1) is 0 Å². The maximum absolute atomic E-state index is 14.1. The molecule has 2 aromatic heterocycles. The fraction of sp³-hybridized carbons (Fsp3) is 0.214. The van der Waals surface area contributed by atoms with Crippen molar-refractivity contribution in [1.29, 1.82) is 0 Å². The molecule has 0 bridgehead atoms. The van der Waals surface area contributed by atoms with Crippen molar-refractivity contribution in [1.82, 2.24) is 14.9 Å². The van der Waals surface area contributed by atoms with Crippen LogP contribution in [0.2, 0.25) is 0 Å². The maximum Gasteiger partial charge on any atom is 0.174 e. The number of halogens is 1. The molecule has 4 aromatic rings. The Bertz CT molecular complexity index is 1360. The van der Waals surface area contributed by atoms with Gasteiger partial charge < -0.3 is 14.8 Å². The molecule has 1 N–H and O–H groups in total. The van der Waals surface area contributed by atoms with E-state index in [9.17, 15) is 4.39 Å². The van der Waals surface area contributed by atoms with Gasteiger partial charge in [0.25, 0.3) is 0 Å². The van der Waals surface area contributed by atoms with Gasteiger partial charge >= 0.3 is 0 Å². The smallest absolute Gasteiger partial charge is 0.174 e. The molecular weight excluding hydrogens is 443 g/mol. The lowest BCUT2D eigenvalue weighted by atomic mass is 9.96. The van der Waals surface area contributed by atoms with Crippen LogP contribution in [0.4, 0.5) is 10.1 Å². The largest absolute Gasteiger partial charge is 0.351 e. The molecule has 3 heterocycles. The lowest BCUT2D eigenvalue weighted by molar-refractivity contribution is 0.564. The fourth-order valence-corrected chi connectivity index (χ4v) is 5.25. The molecule has 2 atom stereocenters. The first-order valence-corrected chi connectivity index (χ1v) is 11.8. The molecule has 0 unspecified atom stereocenters. The van der Waals surface area contributed by atoms with E-state index in [0.29, 0.717) is 10.7 Å². The van der Waals surface area contributed by atoms with E-state index in [1.807, 2.05) is 24.3 Å². The summed E-state index contributed by atoms with van der Waals surface area (Å²) in [5.41, 5.74) is 8.15. The van der Waals surface area contributed by atoms with E-state index in [2.05, 4.69) is 70.9 Å². The van der Waals surface area contributed by atoms with Gasteiger partial charge in [0.05, 0.1) is 17.8 Å². The van der Waals surface area contributed by atoms with Crippen LogP contribution in [0.15, 0.2) is 72.9 Å². The number of anilines is 1. The molecule has 1 fully saturated rings. The van der Waals surface area contributed by atoms with Gasteiger partial charge in [-0.05, 0) is 99.6 Å². The number of hydrogen-bond donors (Lipinski definition) is 1. The summed E-state index contributed by atoms with van der Waals surface area (Å²) in [5, 5.41) is 4.10. The lowest BCUT2D eigenvalue weighted by Gasteiger charge is -2.28. The van der Waals surface area contributed by atoms with Gasteiger partial charge in [0.1, 0.15) is 5.82 Å². The number of nitrogens with zero attached hydrogens (tertiary/aromatic N) is 3. The first-order chi connectivity index (χ1) is 16.3. The topological polar surface area (TPSA) is 33.1 Å². The second-order valence-electron chi connectivity index (χ2n) is 8.93. The summed E-state index contributed by atoms with van der Waals surface area (Å²) in [6, 6.07) is 21.6. The Labute approximate surface area is 205 Å². The van der Waals surface area contributed by atoms with Gasteiger partial charge in [-0.3, -0.25) is 4.98 Å². The van der Waals surface area contributed by atoms with Crippen molar-refractivity contribution in [2.45, 2.75) is 39.8 Å². The van der Waals surface area contributed by atoms with Crippen LogP contribution in [0, 0.1) is 33.5 Å². The summed E-state index contributed by atoms with van der Waals surface area (Å²) >= 11 is 5.83. The zero-order valence-electron chi connectivity index (χ0n) is 19.7. The van der Waals surface area contributed by atoms with E-state index in [4.69, 9.17) is 12.2 Å². The summed E-state index contributed by atoms with van der Waals surface area (Å²) < 4.78 is 16.4. The molecule has 1 aliphatic heterocycles. The Morgan fingerprint density at radius 1 is 0.912 bits per heavy atom. The first-order valence-electron chi connectivity index (χ1n) is 11.4. The van der Waals surface area contributed by atoms with Crippen LogP contribution in [-0.2, 0) is 0 Å². The van der Waals surface area contributed by atoms with E-state index in [-0.39, 0.29) is 17.9 Å². The van der Waals surface area contributed by atoms with Crippen molar-refractivity contribution in [2.75, 3.05) is 4.90 Å². The number of thiocarbonyl (C=S) groups is 1. The van der Waals surface area contributed by atoms with Gasteiger partial charge in [0.15, 0.2) is 5.11 Å². The number of aryl methyl sites for hydroxylation is 3. The molecule has 1 aliphatic rings. The number of aromatic nitrogens is 2. The van der Waals surface area contributed by atoms with Gasteiger partial charge in [-0.1, -0.05) is 23.8 Å². The molecule has 0 amide bonds. The highest BCUT2D eigenvalue weighted by Gasteiger charge is 2.42. The average molecular weight is 471 g/mol. The summed E-state index contributed by atoms with van der Waals surface area (Å²) in [6.45, 7) is 8.14. The zero-order valence-corrected chi connectivity index (χ0v) is 20.5. The van der Waals surface area contributed by atoms with E-state index < -0.39 is 0 Å². The molecule has 5 rings (SSSR count). The third kappa shape index (κ3) is 3.78. The minimum atomic E-state index is -0.225. The third-order valence-electron chi connectivity index (χ3n) is 6.60. The van der Waals surface area contributed by atoms with Crippen LogP contribution in [0.5, 0.6) is 0 Å². The van der Waals surface area contributed by atoms with Crippen molar-refractivity contribution >= 4 is 23.0 Å². The highest BCUT2D eigenvalue weighted by atomic mass is 32.1. The van der Waals surface area contributed by atoms with Gasteiger partial charge in [-0.25, -0.2) is 4.39 Å². The highest BCUT2D eigenvalue weighted by Crippen LogP contribution is 2.44. The van der Waals surface area contributed by atoms with Crippen LogP contribution in [0.1, 0.15) is 45.9 Å². The molecule has 4 nitrogen and oxygen atoms in total. The van der Waals surface area contributed by atoms with Crippen LogP contribution >= 0.6 is 12.2 Å². The minimum absolute atomic E-state index is 0.141. The first kappa shape index (κ1) is 22.3. The highest BCUT2D eigenvalue weighted by molar-refractivity contribution is 7.80. The van der Waals surface area contributed by atoms with Gasteiger partial charge in [0.2, 0.25) is 0 Å². The maximum atomic E-state index is 14.1. The monoisotopic (exact) mass is 470 g/mol. The number of rotatable bonds is 4. The molecule has 0 aliphatic carbocycles. The Morgan fingerprint density at radius 3 is 2.32 bits per heavy atom. The number of benzene rings is 2. The molecule has 0 saturated carbocycles. The zero-order chi connectivity index (χ0) is 24.0. The van der Waals surface area contributed by atoms with Crippen LogP contribution < -0.4 is 10.2 Å². The number of pyridine rings is 1. The molecule has 0 spiro atoms. The van der Waals surface area contributed by atoms with Crippen molar-refractivity contribution < 1.29 is 4.39 Å². The van der Waals surface area contributed by atoms with Gasteiger partial charge in [0, 0.05) is 29.0 Å². The number of hydrogen-bond acceptors (Lipinski definition) is 2. The summed E-state index contributed by atoms with van der Waals surface area (Å²) in [4.78, 5) is 6.74. The third-order valence-corrected chi connectivity index (χ3v) is 6.91. The molecule has 2 aromatic carbocycles. The van der Waals surface area contributed by atoms with Gasteiger partial charge in [-0.2, -0.15) is 0 Å². The quantitative estimate of drug-likeness (QED) is 0.349. The van der Waals surface area contributed by atoms with Crippen molar-refractivity contribution in [3.63, 3.8) is 0 Å². The molecule has 0 radical (unpaired) electrons. The molecule has 6 heteroatoms. The SMILES string of the molecule is Cc1ccc(-n2c(C)cc([C@@H]3[C@@H](c4ccccn4)NC(=S)N3c3ccc(F)c(C)c3)c2C)cc1. The van der Waals surface area contributed by atoms with Crippen molar-refractivity contribution in [3.8, 4) is 5.69 Å². The van der Waals surface area contributed by atoms with E-state index >= 15 is 0 Å². The Kier molecular flexibility index (Phi) is 5.70. The summed E-state index contributed by atoms with van der Waals surface area (Å²) in [7, 11) is 0. The second kappa shape index (κ2) is 8.69. The normalized spacial score (nSPS) is 17.8. The molecule has 1 saturated heterocycles. The van der Waals surface area contributed by atoms with Crippen LogP contribution in [0.25, 0.3) is 5.69 Å². The van der Waals surface area contributed by atoms with E-state index in [0.717, 1.165) is 34.0 Å². The van der Waals surface area contributed by atoms with E-state index in [1.54, 1.807) is 19.2 Å². The van der Waals surface area contributed by atoms with E-state index in [1.165, 1.54) is 11.6 Å². The van der Waals surface area contributed by atoms with Crippen LogP contribution in [-0.4, -0.2) is 14.7 Å². The van der Waals surface area contributed by atoms with Crippen molar-refractivity contribution in [2.24, 2.45) is 0 Å². The standard InChI is InChI=1S/C28H27FN4S/c1-17-8-10-21(11-9-17)32-19(3)16-23(20(32)4)27-26(25-7-5-6-14-30-25)31-28(34)33(27)22-12-13-24(29)18(2)15-22/h5-16,26-27H,1-4H3,(H,31,34)/t26-,27-/m1/s1.